The van der Waals surface area contributed by atoms with E-state index in [1.165, 1.54) is 29.5 Å². The van der Waals surface area contributed by atoms with Gasteiger partial charge in [-0.05, 0) is 30.2 Å². The van der Waals surface area contributed by atoms with Gasteiger partial charge < -0.3 is 5.11 Å². The van der Waals surface area contributed by atoms with E-state index in [1.54, 1.807) is 12.1 Å². The lowest BCUT2D eigenvalue weighted by Crippen LogP contribution is -2.13. The van der Waals surface area contributed by atoms with Gasteiger partial charge in [-0.25, -0.2) is 0 Å². The number of aryl methyl sites for hydroxylation is 1. The predicted molar refractivity (Wildman–Crippen MR) is 79.6 cm³/mol. The number of amides is 1. The van der Waals surface area contributed by atoms with Gasteiger partial charge >= 0.3 is 0 Å². The minimum absolute atomic E-state index is 0.0473. The Morgan fingerprint density at radius 1 is 1.43 bits per heavy atom. The average Bonchev–Trinajstić information content (AvgIpc) is 2.94. The van der Waals surface area contributed by atoms with Gasteiger partial charge in [0.25, 0.3) is 5.91 Å². The number of nitrogens with zero attached hydrogens (tertiary/aromatic N) is 3. The molecule has 0 saturated carbocycles. The number of aromatic hydroxyl groups is 1. The van der Waals surface area contributed by atoms with Crippen molar-refractivity contribution in [2.75, 3.05) is 5.32 Å². The van der Waals surface area contributed by atoms with Crippen LogP contribution in [0.4, 0.5) is 5.13 Å². The summed E-state index contributed by atoms with van der Waals surface area (Å²) >= 11 is 1.27. The molecule has 1 aromatic carbocycles. The number of nitrogens with one attached hydrogen (secondary N) is 1. The molecule has 21 heavy (non-hydrogen) atoms. The van der Waals surface area contributed by atoms with Crippen molar-refractivity contribution in [1.29, 1.82) is 5.26 Å². The van der Waals surface area contributed by atoms with E-state index < -0.39 is 5.91 Å². The first-order valence-electron chi connectivity index (χ1n) is 6.17. The fourth-order valence-corrected chi connectivity index (χ4v) is 2.17. The molecule has 1 amide bonds. The summed E-state index contributed by atoms with van der Waals surface area (Å²) in [7, 11) is 0. The number of aromatic nitrogens is 2. The van der Waals surface area contributed by atoms with Crippen molar-refractivity contribution in [3.05, 3.63) is 40.4 Å². The molecule has 1 heterocycles. The summed E-state index contributed by atoms with van der Waals surface area (Å²) in [6.45, 7) is 1.94. The van der Waals surface area contributed by atoms with Crippen molar-refractivity contribution >= 4 is 28.5 Å². The molecule has 0 fully saturated rings. The lowest BCUT2D eigenvalue weighted by molar-refractivity contribution is -0.112. The minimum atomic E-state index is -0.538. The molecule has 2 rings (SSSR count). The van der Waals surface area contributed by atoms with Crippen LogP contribution in [0, 0.1) is 11.3 Å². The zero-order chi connectivity index (χ0) is 15.2. The van der Waals surface area contributed by atoms with Crippen molar-refractivity contribution in [3.63, 3.8) is 0 Å². The zero-order valence-corrected chi connectivity index (χ0v) is 12.0. The Morgan fingerprint density at radius 2 is 2.14 bits per heavy atom. The number of benzene rings is 1. The van der Waals surface area contributed by atoms with Gasteiger partial charge in [0.15, 0.2) is 0 Å². The second-order valence-corrected chi connectivity index (χ2v) is 5.13. The molecule has 2 aromatic rings. The third-order valence-corrected chi connectivity index (χ3v) is 3.54. The van der Waals surface area contributed by atoms with Gasteiger partial charge in [0, 0.05) is 0 Å². The molecule has 0 saturated heterocycles. The summed E-state index contributed by atoms with van der Waals surface area (Å²) < 4.78 is 0. The largest absolute Gasteiger partial charge is 0.508 e. The number of phenols is 1. The smallest absolute Gasteiger partial charge is 0.268 e. The molecule has 1 aromatic heterocycles. The number of phenolic OH excluding ortho intramolecular Hbond substituents is 1. The highest BCUT2D eigenvalue weighted by Crippen LogP contribution is 2.17. The summed E-state index contributed by atoms with van der Waals surface area (Å²) in [6.07, 6.45) is 2.18. The van der Waals surface area contributed by atoms with Gasteiger partial charge in [0.05, 0.1) is 0 Å². The van der Waals surface area contributed by atoms with Crippen LogP contribution in [0.1, 0.15) is 17.5 Å². The van der Waals surface area contributed by atoms with E-state index >= 15 is 0 Å². The SMILES string of the molecule is CCc1nnc(NC(=O)/C(C#N)=C/c2ccc(O)cc2)s1. The molecule has 0 aliphatic heterocycles. The van der Waals surface area contributed by atoms with E-state index in [0.717, 1.165) is 11.4 Å². The summed E-state index contributed by atoms with van der Waals surface area (Å²) in [5.74, 6) is -0.416. The fraction of sp³-hybridized carbons (Fsp3) is 0.143. The topological polar surface area (TPSA) is 98.9 Å². The second-order valence-electron chi connectivity index (χ2n) is 4.07. The highest BCUT2D eigenvalue weighted by Gasteiger charge is 2.12. The number of anilines is 1. The summed E-state index contributed by atoms with van der Waals surface area (Å²) in [5, 5.41) is 29.7. The molecule has 0 aliphatic carbocycles. The van der Waals surface area contributed by atoms with Gasteiger partial charge in [-0.3, -0.25) is 10.1 Å². The van der Waals surface area contributed by atoms with E-state index in [1.807, 2.05) is 13.0 Å². The fourth-order valence-electron chi connectivity index (χ4n) is 1.50. The Balaban J connectivity index is 2.15. The molecule has 7 heteroatoms. The maximum absolute atomic E-state index is 12.0. The zero-order valence-electron chi connectivity index (χ0n) is 11.2. The normalized spacial score (nSPS) is 11.0. The first-order chi connectivity index (χ1) is 10.1. The van der Waals surface area contributed by atoms with Crippen LogP contribution in [0.3, 0.4) is 0 Å². The average molecular weight is 300 g/mol. The lowest BCUT2D eigenvalue weighted by atomic mass is 10.1. The highest BCUT2D eigenvalue weighted by atomic mass is 32.1. The maximum atomic E-state index is 12.0. The molecule has 0 spiro atoms. The van der Waals surface area contributed by atoms with E-state index in [4.69, 9.17) is 5.26 Å². The van der Waals surface area contributed by atoms with Crippen molar-refractivity contribution < 1.29 is 9.90 Å². The molecular formula is C14H12N4O2S. The van der Waals surface area contributed by atoms with Crippen molar-refractivity contribution in [2.24, 2.45) is 0 Å². The number of carbonyl (C=O) groups excluding carboxylic acids is 1. The first kappa shape index (κ1) is 14.7. The Morgan fingerprint density at radius 3 is 2.71 bits per heavy atom. The van der Waals surface area contributed by atoms with Gasteiger partial charge in [-0.15, -0.1) is 10.2 Å². The molecule has 2 N–H and O–H groups in total. The van der Waals surface area contributed by atoms with Gasteiger partial charge in [0.1, 0.15) is 22.4 Å². The Kier molecular flexibility index (Phi) is 4.64. The molecular weight excluding hydrogens is 288 g/mol. The molecule has 6 nitrogen and oxygen atoms in total. The number of carbonyl (C=O) groups is 1. The van der Waals surface area contributed by atoms with Gasteiger partial charge in [-0.1, -0.05) is 30.4 Å². The third kappa shape index (κ3) is 3.87. The summed E-state index contributed by atoms with van der Waals surface area (Å²) in [6, 6.07) is 8.04. The van der Waals surface area contributed by atoms with Crippen molar-refractivity contribution in [3.8, 4) is 11.8 Å². The standard InChI is InChI=1S/C14H12N4O2S/c1-2-12-17-18-14(21-12)16-13(20)10(8-15)7-9-3-5-11(19)6-4-9/h3-7,19H,2H2,1H3,(H,16,18,20)/b10-7+. The van der Waals surface area contributed by atoms with Gasteiger partial charge in [-0.2, -0.15) is 5.26 Å². The Labute approximate surface area is 125 Å². The molecule has 106 valence electrons. The van der Waals surface area contributed by atoms with Gasteiger partial charge in [0.2, 0.25) is 5.13 Å². The number of hydrogen-bond donors (Lipinski definition) is 2. The quantitative estimate of drug-likeness (QED) is 0.667. The predicted octanol–water partition coefficient (Wildman–Crippen LogP) is 2.35. The molecule has 0 bridgehead atoms. The monoisotopic (exact) mass is 300 g/mol. The summed E-state index contributed by atoms with van der Waals surface area (Å²) in [4.78, 5) is 12.0. The minimum Gasteiger partial charge on any atom is -0.508 e. The van der Waals surface area contributed by atoms with E-state index in [0.29, 0.717) is 10.7 Å². The molecule has 0 unspecified atom stereocenters. The van der Waals surface area contributed by atoms with Crippen LogP contribution < -0.4 is 5.32 Å². The van der Waals surface area contributed by atoms with Crippen LogP contribution in [0.2, 0.25) is 0 Å². The van der Waals surface area contributed by atoms with E-state index in [-0.39, 0.29) is 11.3 Å². The van der Waals surface area contributed by atoms with Crippen LogP contribution >= 0.6 is 11.3 Å². The second kappa shape index (κ2) is 6.63. The highest BCUT2D eigenvalue weighted by molar-refractivity contribution is 7.15. The number of hydrogen-bond acceptors (Lipinski definition) is 6. The van der Waals surface area contributed by atoms with Crippen LogP contribution in [-0.4, -0.2) is 21.2 Å². The number of rotatable bonds is 4. The first-order valence-corrected chi connectivity index (χ1v) is 6.98. The van der Waals surface area contributed by atoms with Crippen molar-refractivity contribution in [2.45, 2.75) is 13.3 Å². The maximum Gasteiger partial charge on any atom is 0.268 e. The molecule has 0 aliphatic rings. The van der Waals surface area contributed by atoms with E-state index in [9.17, 15) is 9.90 Å². The van der Waals surface area contributed by atoms with E-state index in [2.05, 4.69) is 15.5 Å². The van der Waals surface area contributed by atoms with Crippen LogP contribution in [0.15, 0.2) is 29.8 Å². The Bertz CT molecular complexity index is 713. The van der Waals surface area contributed by atoms with Crippen molar-refractivity contribution in [1.82, 2.24) is 10.2 Å². The molecule has 0 radical (unpaired) electrons. The third-order valence-electron chi connectivity index (χ3n) is 2.56. The lowest BCUT2D eigenvalue weighted by Gasteiger charge is -2.00. The summed E-state index contributed by atoms with van der Waals surface area (Å²) in [5.41, 5.74) is 0.597. The van der Waals surface area contributed by atoms with Crippen LogP contribution in [0.5, 0.6) is 5.75 Å². The van der Waals surface area contributed by atoms with Crippen LogP contribution in [0.25, 0.3) is 6.08 Å². The van der Waals surface area contributed by atoms with Crippen LogP contribution in [-0.2, 0) is 11.2 Å². The Hall–Kier alpha value is -2.72. The molecule has 0 atom stereocenters. The number of nitriles is 1.